The molecule has 3 N–H and O–H groups in total. The molecule has 0 saturated heterocycles. The molecule has 0 spiro atoms. The van der Waals surface area contributed by atoms with E-state index in [-0.39, 0.29) is 31.0 Å². The van der Waals surface area contributed by atoms with Crippen molar-refractivity contribution in [1.82, 2.24) is 10.9 Å². The number of halogens is 3. The second kappa shape index (κ2) is 13.9. The molecular formula is C33H30BrF2N3O4. The predicted octanol–water partition coefficient (Wildman–Crippen LogP) is 5.81. The lowest BCUT2D eigenvalue weighted by Gasteiger charge is -2.31. The minimum atomic E-state index is -1.48. The molecule has 7 nitrogen and oxygen atoms in total. The molecule has 5 rings (SSSR count). The fourth-order valence-corrected chi connectivity index (χ4v) is 5.27. The Hall–Kier alpha value is -4.12. The number of aliphatic hydroxyl groups is 1. The van der Waals surface area contributed by atoms with E-state index in [2.05, 4.69) is 26.8 Å². The number of hydrogen-bond donors (Lipinski definition) is 3. The van der Waals surface area contributed by atoms with Gasteiger partial charge in [-0.1, -0.05) is 64.5 Å². The highest BCUT2D eigenvalue weighted by atomic mass is 79.9. The number of aliphatic hydroxyl groups excluding tert-OH is 1. The normalized spacial score (nSPS) is 17.7. The van der Waals surface area contributed by atoms with Gasteiger partial charge in [-0.15, -0.1) is 0 Å². The number of nitrogens with one attached hydrogen (secondary N) is 2. The molecule has 222 valence electrons. The van der Waals surface area contributed by atoms with E-state index in [0.717, 1.165) is 33.8 Å². The average Bonchev–Trinajstić information content (AvgIpc) is 3.41. The molecule has 0 unspecified atom stereocenters. The first kappa shape index (κ1) is 30.3. The molecule has 1 heterocycles. The van der Waals surface area contributed by atoms with Crippen LogP contribution in [0.2, 0.25) is 0 Å². The molecule has 2 atom stereocenters. The number of aliphatic imine (C=N–C) groups is 1. The third-order valence-electron chi connectivity index (χ3n) is 7.04. The van der Waals surface area contributed by atoms with Gasteiger partial charge in [0.1, 0.15) is 17.4 Å². The van der Waals surface area contributed by atoms with Crippen molar-refractivity contribution >= 4 is 27.7 Å². The Morgan fingerprint density at radius 2 is 1.72 bits per heavy atom. The molecule has 4 aromatic carbocycles. The Kier molecular flexibility index (Phi) is 9.81. The van der Waals surface area contributed by atoms with Crippen molar-refractivity contribution in [3.63, 3.8) is 0 Å². The van der Waals surface area contributed by atoms with Crippen LogP contribution >= 0.6 is 15.9 Å². The molecule has 0 radical (unpaired) electrons. The molecule has 0 aliphatic carbocycles. The van der Waals surface area contributed by atoms with E-state index in [0.29, 0.717) is 24.3 Å². The van der Waals surface area contributed by atoms with E-state index in [1.54, 1.807) is 24.3 Å². The first-order chi connectivity index (χ1) is 20.9. The molecule has 43 heavy (non-hydrogen) atoms. The second-order valence-electron chi connectivity index (χ2n) is 10.0. The highest BCUT2D eigenvalue weighted by molar-refractivity contribution is 9.10. The fourth-order valence-electron chi connectivity index (χ4n) is 4.85. The lowest BCUT2D eigenvalue weighted by atomic mass is 9.82. The Balaban J connectivity index is 1.51. The SMILES string of the molecule is O=C(NNCc1cc(F)ccc1F)[C@@]1(Cc2ccccc2Br)N=C(c2ccc(OCCCO)cc2)O[C@H]1c1ccccc1. The number of nitrogens with zero attached hydrogens (tertiary/aromatic N) is 1. The molecule has 0 fully saturated rings. The minimum Gasteiger partial charge on any atom is -0.494 e. The summed E-state index contributed by atoms with van der Waals surface area (Å²) >= 11 is 3.60. The van der Waals surface area contributed by atoms with Gasteiger partial charge in [-0.2, -0.15) is 0 Å². The average molecular weight is 651 g/mol. The van der Waals surface area contributed by atoms with E-state index in [1.807, 2.05) is 54.6 Å². The first-order valence-corrected chi connectivity index (χ1v) is 14.5. The maximum atomic E-state index is 14.3. The molecular weight excluding hydrogens is 620 g/mol. The summed E-state index contributed by atoms with van der Waals surface area (Å²) in [6.07, 6.45) is -0.131. The minimum absolute atomic E-state index is 0.0390. The van der Waals surface area contributed by atoms with Crippen LogP contribution in [0.1, 0.15) is 34.8 Å². The van der Waals surface area contributed by atoms with Crippen LogP contribution in [0.15, 0.2) is 107 Å². The molecule has 0 aromatic heterocycles. The molecule has 4 aromatic rings. The van der Waals surface area contributed by atoms with Crippen molar-refractivity contribution in [2.24, 2.45) is 4.99 Å². The van der Waals surface area contributed by atoms with Crippen molar-refractivity contribution < 1.29 is 28.2 Å². The number of carbonyl (C=O) groups excluding carboxylic acids is 1. The third-order valence-corrected chi connectivity index (χ3v) is 7.81. The highest BCUT2D eigenvalue weighted by Crippen LogP contribution is 2.43. The fraction of sp³-hybridized carbons (Fsp3) is 0.212. The number of rotatable bonds is 12. The lowest BCUT2D eigenvalue weighted by Crippen LogP contribution is -2.53. The van der Waals surface area contributed by atoms with Crippen molar-refractivity contribution in [2.75, 3.05) is 13.2 Å². The van der Waals surface area contributed by atoms with Crippen LogP contribution in [0.4, 0.5) is 8.78 Å². The summed E-state index contributed by atoms with van der Waals surface area (Å²) in [5.41, 5.74) is 6.24. The molecule has 1 aliphatic heterocycles. The molecule has 1 aliphatic rings. The van der Waals surface area contributed by atoms with Crippen LogP contribution in [0, 0.1) is 11.6 Å². The number of hydrogen-bond acceptors (Lipinski definition) is 6. The van der Waals surface area contributed by atoms with E-state index in [4.69, 9.17) is 19.6 Å². The van der Waals surface area contributed by atoms with Crippen LogP contribution in [-0.2, 0) is 22.5 Å². The van der Waals surface area contributed by atoms with Gasteiger partial charge in [-0.05, 0) is 59.7 Å². The van der Waals surface area contributed by atoms with Gasteiger partial charge in [-0.25, -0.2) is 19.2 Å². The van der Waals surface area contributed by atoms with Gasteiger partial charge < -0.3 is 14.6 Å². The Labute approximate surface area is 256 Å². The molecule has 1 amide bonds. The van der Waals surface area contributed by atoms with Gasteiger partial charge in [0, 0.05) is 41.6 Å². The van der Waals surface area contributed by atoms with Crippen LogP contribution in [-0.4, -0.2) is 35.7 Å². The topological polar surface area (TPSA) is 92.2 Å². The number of ether oxygens (including phenoxy) is 2. The Bertz CT molecular complexity index is 1590. The third kappa shape index (κ3) is 7.10. The van der Waals surface area contributed by atoms with E-state index in [1.165, 1.54) is 0 Å². The van der Waals surface area contributed by atoms with Gasteiger partial charge in [-0.3, -0.25) is 10.2 Å². The Morgan fingerprint density at radius 1 is 0.977 bits per heavy atom. The maximum Gasteiger partial charge on any atom is 0.266 e. The summed E-state index contributed by atoms with van der Waals surface area (Å²) in [7, 11) is 0. The summed E-state index contributed by atoms with van der Waals surface area (Å²) < 4.78 is 40.9. The number of benzene rings is 4. The maximum absolute atomic E-state index is 14.3. The first-order valence-electron chi connectivity index (χ1n) is 13.8. The smallest absolute Gasteiger partial charge is 0.266 e. The van der Waals surface area contributed by atoms with E-state index < -0.39 is 29.2 Å². The van der Waals surface area contributed by atoms with Gasteiger partial charge in [0.25, 0.3) is 5.91 Å². The number of hydrazine groups is 1. The second-order valence-corrected chi connectivity index (χ2v) is 10.9. The van der Waals surface area contributed by atoms with Crippen molar-refractivity contribution in [3.8, 4) is 5.75 Å². The quantitative estimate of drug-likeness (QED) is 0.133. The summed E-state index contributed by atoms with van der Waals surface area (Å²) in [5.74, 6) is -0.785. The zero-order valence-corrected chi connectivity index (χ0v) is 24.7. The van der Waals surface area contributed by atoms with Crippen LogP contribution < -0.4 is 15.6 Å². The number of carbonyl (C=O) groups is 1. The van der Waals surface area contributed by atoms with Gasteiger partial charge >= 0.3 is 0 Å². The predicted molar refractivity (Wildman–Crippen MR) is 162 cm³/mol. The summed E-state index contributed by atoms with van der Waals surface area (Å²) in [6.45, 7) is 0.272. The zero-order chi connectivity index (χ0) is 30.2. The van der Waals surface area contributed by atoms with Crippen LogP contribution in [0.25, 0.3) is 0 Å². The van der Waals surface area contributed by atoms with Crippen LogP contribution in [0.5, 0.6) is 5.75 Å². The van der Waals surface area contributed by atoms with Gasteiger partial charge in [0.05, 0.1) is 6.61 Å². The van der Waals surface area contributed by atoms with Crippen LogP contribution in [0.3, 0.4) is 0 Å². The summed E-state index contributed by atoms with van der Waals surface area (Å²) in [5, 5.41) is 9.02. The Morgan fingerprint density at radius 3 is 2.47 bits per heavy atom. The van der Waals surface area contributed by atoms with Crippen molar-refractivity contribution in [3.05, 3.63) is 135 Å². The standard InChI is InChI=1S/C33H30BrF2N3O4/c34-28-10-5-4-9-24(28)20-33(32(41)39-37-21-25-19-26(35)13-16-29(25)36)30(22-7-2-1-3-8-22)43-31(38-33)23-11-14-27(15-12-23)42-18-6-17-40/h1-5,7-16,19,30,37,40H,6,17-18,20-21H2,(H,39,41)/t30-,33-/m0/s1. The van der Waals surface area contributed by atoms with Gasteiger partial charge in [0.15, 0.2) is 11.6 Å². The number of amides is 1. The largest absolute Gasteiger partial charge is 0.494 e. The van der Waals surface area contributed by atoms with Gasteiger partial charge in [0.2, 0.25) is 5.90 Å². The van der Waals surface area contributed by atoms with E-state index in [9.17, 15) is 13.6 Å². The lowest BCUT2D eigenvalue weighted by molar-refractivity contribution is -0.130. The van der Waals surface area contributed by atoms with E-state index >= 15 is 0 Å². The summed E-state index contributed by atoms with van der Waals surface area (Å²) in [4.78, 5) is 19.2. The molecule has 0 bridgehead atoms. The van der Waals surface area contributed by atoms with Crippen molar-refractivity contribution in [1.29, 1.82) is 0 Å². The molecule has 10 heteroatoms. The highest BCUT2D eigenvalue weighted by Gasteiger charge is 2.53. The summed E-state index contributed by atoms with van der Waals surface area (Å²) in [6, 6.07) is 27.2. The monoisotopic (exact) mass is 649 g/mol. The van der Waals surface area contributed by atoms with Crippen molar-refractivity contribution in [2.45, 2.75) is 31.0 Å². The molecule has 0 saturated carbocycles. The zero-order valence-electron chi connectivity index (χ0n) is 23.1.